The minimum absolute atomic E-state index is 0.597. The van der Waals surface area contributed by atoms with Crippen LogP contribution >= 0.6 is 11.6 Å². The number of fused-ring (bicyclic) bond motifs is 1. The van der Waals surface area contributed by atoms with E-state index in [0.29, 0.717) is 25.5 Å². The van der Waals surface area contributed by atoms with E-state index in [-0.39, 0.29) is 0 Å². The summed E-state index contributed by atoms with van der Waals surface area (Å²) in [6, 6.07) is 14.8. The van der Waals surface area contributed by atoms with E-state index in [1.807, 2.05) is 13.0 Å². The Balaban J connectivity index is 1.53. The molecule has 0 radical (unpaired) electrons. The topological polar surface area (TPSA) is 45.6 Å². The fourth-order valence-corrected chi connectivity index (χ4v) is 5.56. The smallest absolute Gasteiger partial charge is 0.218 e. The molecule has 5 rings (SSSR count). The van der Waals surface area contributed by atoms with Gasteiger partial charge in [0.2, 0.25) is 5.88 Å². The van der Waals surface area contributed by atoms with Crippen LogP contribution < -0.4 is 4.74 Å². The molecule has 32 heavy (non-hydrogen) atoms. The van der Waals surface area contributed by atoms with Gasteiger partial charge in [-0.2, -0.15) is 0 Å². The maximum Gasteiger partial charge on any atom is 0.218 e. The Labute approximate surface area is 194 Å². The first-order valence-electron chi connectivity index (χ1n) is 11.3. The lowest BCUT2D eigenvalue weighted by atomic mass is 9.94. The van der Waals surface area contributed by atoms with Crippen LogP contribution in [0.15, 0.2) is 42.5 Å². The van der Waals surface area contributed by atoms with Crippen molar-refractivity contribution in [1.82, 2.24) is 9.88 Å². The second-order valence-corrected chi connectivity index (χ2v) is 9.80. The molecule has 2 aliphatic rings. The van der Waals surface area contributed by atoms with Gasteiger partial charge in [0.15, 0.2) is 0 Å². The van der Waals surface area contributed by atoms with Crippen LogP contribution in [0.25, 0.3) is 22.4 Å². The third kappa shape index (κ3) is 3.81. The number of likely N-dealkylation sites (tertiary alicyclic amines) is 1. The highest BCUT2D eigenvalue weighted by atomic mass is 35.5. The molecule has 1 fully saturated rings. The van der Waals surface area contributed by atoms with Crippen molar-refractivity contribution in [3.8, 4) is 28.3 Å². The Morgan fingerprint density at radius 1 is 1.09 bits per heavy atom. The summed E-state index contributed by atoms with van der Waals surface area (Å²) in [6.07, 6.45) is 3.46. The van der Waals surface area contributed by atoms with Crippen molar-refractivity contribution in [2.75, 3.05) is 20.2 Å². The Morgan fingerprint density at radius 2 is 1.81 bits per heavy atom. The predicted octanol–water partition coefficient (Wildman–Crippen LogP) is 5.44. The SMILES string of the molecule is COc1nc(-c2cccc(-c3cccc4c3CCC4)c2Cl)cc(C)c1CN1CC(C)(O)C1. The van der Waals surface area contributed by atoms with E-state index in [0.717, 1.165) is 45.8 Å². The molecule has 0 amide bonds. The molecule has 4 nitrogen and oxygen atoms in total. The number of aryl methyl sites for hydroxylation is 2. The molecular weight excluding hydrogens is 420 g/mol. The van der Waals surface area contributed by atoms with Crippen molar-refractivity contribution in [1.29, 1.82) is 0 Å². The number of β-amino-alcohol motifs (C(OH)–C–C–N with tert-alkyl or cyclic N) is 1. The van der Waals surface area contributed by atoms with E-state index in [2.05, 4.69) is 48.2 Å². The Kier molecular flexibility index (Phi) is 5.48. The average molecular weight is 449 g/mol. The fraction of sp³-hybridized carbons (Fsp3) is 0.370. The number of nitrogens with zero attached hydrogens (tertiary/aromatic N) is 2. The second-order valence-electron chi connectivity index (χ2n) is 9.42. The van der Waals surface area contributed by atoms with Crippen LogP contribution in [-0.2, 0) is 19.4 Å². The number of rotatable bonds is 5. The summed E-state index contributed by atoms with van der Waals surface area (Å²) < 4.78 is 5.68. The van der Waals surface area contributed by atoms with Gasteiger partial charge < -0.3 is 9.84 Å². The third-order valence-corrected chi connectivity index (χ3v) is 7.13. The lowest BCUT2D eigenvalue weighted by molar-refractivity contribution is -0.0874. The molecule has 0 saturated carbocycles. The zero-order valence-corrected chi connectivity index (χ0v) is 19.7. The van der Waals surface area contributed by atoms with Crippen LogP contribution in [0.5, 0.6) is 5.88 Å². The van der Waals surface area contributed by atoms with E-state index >= 15 is 0 Å². The van der Waals surface area contributed by atoms with Crippen molar-refractivity contribution < 1.29 is 9.84 Å². The number of hydrogen-bond acceptors (Lipinski definition) is 4. The molecule has 1 saturated heterocycles. The Bertz CT molecular complexity index is 1180. The number of aliphatic hydroxyl groups is 1. The minimum Gasteiger partial charge on any atom is -0.481 e. The van der Waals surface area contributed by atoms with Crippen molar-refractivity contribution >= 4 is 11.6 Å². The van der Waals surface area contributed by atoms with E-state index in [1.165, 1.54) is 23.1 Å². The van der Waals surface area contributed by atoms with Crippen LogP contribution in [-0.4, -0.2) is 40.8 Å². The fourth-order valence-electron chi connectivity index (χ4n) is 5.23. The monoisotopic (exact) mass is 448 g/mol. The van der Waals surface area contributed by atoms with Gasteiger partial charge in [0, 0.05) is 36.3 Å². The molecule has 0 atom stereocenters. The van der Waals surface area contributed by atoms with Crippen LogP contribution in [0.1, 0.15) is 35.6 Å². The van der Waals surface area contributed by atoms with Crippen molar-refractivity contribution in [2.45, 2.75) is 45.3 Å². The predicted molar refractivity (Wildman–Crippen MR) is 129 cm³/mol. The van der Waals surface area contributed by atoms with Gasteiger partial charge in [0.1, 0.15) is 0 Å². The molecule has 1 N–H and O–H groups in total. The number of pyridine rings is 1. The van der Waals surface area contributed by atoms with Gasteiger partial charge in [-0.15, -0.1) is 0 Å². The molecule has 0 unspecified atom stereocenters. The molecule has 5 heteroatoms. The van der Waals surface area contributed by atoms with Gasteiger partial charge in [0.25, 0.3) is 0 Å². The first-order chi connectivity index (χ1) is 15.4. The van der Waals surface area contributed by atoms with Crippen LogP contribution in [0, 0.1) is 6.92 Å². The number of halogens is 1. The van der Waals surface area contributed by atoms with Gasteiger partial charge in [-0.05, 0) is 61.4 Å². The maximum absolute atomic E-state index is 10.1. The lowest BCUT2D eigenvalue weighted by Crippen LogP contribution is -2.59. The highest BCUT2D eigenvalue weighted by Crippen LogP contribution is 2.41. The lowest BCUT2D eigenvalue weighted by Gasteiger charge is -2.44. The Morgan fingerprint density at radius 3 is 2.56 bits per heavy atom. The third-order valence-electron chi connectivity index (χ3n) is 6.72. The summed E-state index contributed by atoms with van der Waals surface area (Å²) in [5, 5.41) is 10.8. The van der Waals surface area contributed by atoms with Crippen LogP contribution in [0.3, 0.4) is 0 Å². The highest BCUT2D eigenvalue weighted by molar-refractivity contribution is 6.36. The van der Waals surface area contributed by atoms with Gasteiger partial charge >= 0.3 is 0 Å². The highest BCUT2D eigenvalue weighted by Gasteiger charge is 2.37. The quantitative estimate of drug-likeness (QED) is 0.564. The molecule has 2 heterocycles. The second kappa shape index (κ2) is 8.18. The zero-order valence-electron chi connectivity index (χ0n) is 18.9. The first kappa shape index (κ1) is 21.4. The molecule has 1 aliphatic heterocycles. The first-order valence-corrected chi connectivity index (χ1v) is 11.6. The van der Waals surface area contributed by atoms with Crippen LogP contribution in [0.4, 0.5) is 0 Å². The van der Waals surface area contributed by atoms with Crippen molar-refractivity contribution in [2.24, 2.45) is 0 Å². The summed E-state index contributed by atoms with van der Waals surface area (Å²) in [6.45, 7) is 5.98. The van der Waals surface area contributed by atoms with E-state index in [4.69, 9.17) is 21.3 Å². The summed E-state index contributed by atoms with van der Waals surface area (Å²) in [5.41, 5.74) is 8.46. The number of aromatic nitrogens is 1. The van der Waals surface area contributed by atoms with Crippen LogP contribution in [0.2, 0.25) is 5.02 Å². The van der Waals surface area contributed by atoms with E-state index in [1.54, 1.807) is 7.11 Å². The summed E-state index contributed by atoms with van der Waals surface area (Å²) in [5.74, 6) is 0.619. The number of benzene rings is 2. The van der Waals surface area contributed by atoms with Gasteiger partial charge in [-0.1, -0.05) is 48.0 Å². The molecular formula is C27H29ClN2O2. The normalized spacial score (nSPS) is 17.2. The molecule has 166 valence electrons. The van der Waals surface area contributed by atoms with E-state index in [9.17, 15) is 5.11 Å². The van der Waals surface area contributed by atoms with Gasteiger partial charge in [-0.25, -0.2) is 4.98 Å². The summed E-state index contributed by atoms with van der Waals surface area (Å²) in [7, 11) is 1.66. The molecule has 1 aromatic heterocycles. The average Bonchev–Trinajstić information content (AvgIpc) is 3.23. The van der Waals surface area contributed by atoms with Crippen molar-refractivity contribution in [3.63, 3.8) is 0 Å². The number of hydrogen-bond donors (Lipinski definition) is 1. The zero-order chi connectivity index (χ0) is 22.5. The summed E-state index contributed by atoms with van der Waals surface area (Å²) in [4.78, 5) is 7.05. The standard InChI is InChI=1S/C27H29ClN2O2/c1-17-13-24(29-26(32-3)23(17)14-30-15-27(2,31)16-30)22-12-6-11-21(25(22)28)20-10-5-8-18-7-4-9-19(18)20/h5-6,8,10-13,31H,4,7,9,14-16H2,1-3H3. The number of methoxy groups -OCH3 is 1. The van der Waals surface area contributed by atoms with Gasteiger partial charge in [-0.3, -0.25) is 4.90 Å². The maximum atomic E-state index is 10.1. The summed E-state index contributed by atoms with van der Waals surface area (Å²) >= 11 is 7.00. The molecule has 1 aliphatic carbocycles. The van der Waals surface area contributed by atoms with Crippen molar-refractivity contribution in [3.05, 3.63) is 69.7 Å². The molecule has 3 aromatic rings. The van der Waals surface area contributed by atoms with Gasteiger partial charge in [0.05, 0.1) is 23.4 Å². The minimum atomic E-state index is -0.597. The van der Waals surface area contributed by atoms with E-state index < -0.39 is 5.60 Å². The molecule has 0 spiro atoms. The Hall–Kier alpha value is -2.40. The largest absolute Gasteiger partial charge is 0.481 e. The molecule has 2 aromatic carbocycles. The number of ether oxygens (including phenoxy) is 1. The molecule has 0 bridgehead atoms.